The lowest BCUT2D eigenvalue weighted by Gasteiger charge is -2.08. The van der Waals surface area contributed by atoms with Crippen LogP contribution in [0, 0.1) is 0 Å². The van der Waals surface area contributed by atoms with Crippen molar-refractivity contribution in [3.05, 3.63) is 18.2 Å². The average Bonchev–Trinajstić information content (AvgIpc) is 2.09. The molecule has 0 aliphatic heterocycles. The van der Waals surface area contributed by atoms with Gasteiger partial charge in [-0.1, -0.05) is 0 Å². The molecule has 0 fully saturated rings. The smallest absolute Gasteiger partial charge is 0.117 e. The van der Waals surface area contributed by atoms with Crippen molar-refractivity contribution in [2.75, 3.05) is 31.3 Å². The summed E-state index contributed by atoms with van der Waals surface area (Å²) in [5.41, 5.74) is 6.99. The number of methoxy groups -OCH3 is 1. The summed E-state index contributed by atoms with van der Waals surface area (Å²) in [5, 5.41) is 12.2. The molecule has 4 heteroatoms. The molecule has 4 N–H and O–H groups in total. The van der Waals surface area contributed by atoms with E-state index in [4.69, 9.17) is 15.6 Å². The maximum atomic E-state index is 9.08. The minimum Gasteiger partial charge on any atom is -0.508 e. The van der Waals surface area contributed by atoms with E-state index in [0.29, 0.717) is 18.8 Å². The highest BCUT2D eigenvalue weighted by Crippen LogP contribution is 2.22. The fraction of sp³-hybridized carbons (Fsp3) is 0.333. The lowest BCUT2D eigenvalue weighted by Crippen LogP contribution is -2.08. The molecule has 0 unspecified atom stereocenters. The third-order valence-electron chi connectivity index (χ3n) is 1.66. The molecule has 0 aliphatic rings. The van der Waals surface area contributed by atoms with E-state index in [1.54, 1.807) is 19.2 Å². The van der Waals surface area contributed by atoms with Gasteiger partial charge in [-0.25, -0.2) is 0 Å². The predicted molar refractivity (Wildman–Crippen MR) is 52.9 cm³/mol. The van der Waals surface area contributed by atoms with Gasteiger partial charge in [0.1, 0.15) is 5.75 Å². The van der Waals surface area contributed by atoms with Gasteiger partial charge in [0.15, 0.2) is 0 Å². The summed E-state index contributed by atoms with van der Waals surface area (Å²) in [7, 11) is 1.64. The second-order valence-electron chi connectivity index (χ2n) is 2.69. The number of aromatic hydroxyl groups is 1. The third-order valence-corrected chi connectivity index (χ3v) is 1.66. The van der Waals surface area contributed by atoms with Crippen LogP contribution in [0.15, 0.2) is 18.2 Å². The number of nitrogens with two attached hydrogens (primary N) is 1. The van der Waals surface area contributed by atoms with E-state index in [1.807, 2.05) is 0 Å². The summed E-state index contributed by atoms with van der Waals surface area (Å²) in [6, 6.07) is 4.83. The molecule has 0 radical (unpaired) electrons. The number of nitrogen functional groups attached to an aromatic ring is 1. The number of phenols is 1. The Morgan fingerprint density at radius 1 is 1.54 bits per heavy atom. The van der Waals surface area contributed by atoms with E-state index in [1.165, 1.54) is 6.07 Å². The van der Waals surface area contributed by atoms with Crippen molar-refractivity contribution >= 4 is 11.4 Å². The maximum absolute atomic E-state index is 9.08. The number of nitrogens with one attached hydrogen (secondary N) is 1. The van der Waals surface area contributed by atoms with Gasteiger partial charge in [0.05, 0.1) is 18.0 Å². The van der Waals surface area contributed by atoms with Crippen LogP contribution in [0.1, 0.15) is 0 Å². The monoisotopic (exact) mass is 182 g/mol. The van der Waals surface area contributed by atoms with Crippen LogP contribution in [0.3, 0.4) is 0 Å². The van der Waals surface area contributed by atoms with E-state index in [9.17, 15) is 0 Å². The van der Waals surface area contributed by atoms with Gasteiger partial charge >= 0.3 is 0 Å². The van der Waals surface area contributed by atoms with Crippen LogP contribution in [0.4, 0.5) is 11.4 Å². The number of benzene rings is 1. The molecule has 0 bridgehead atoms. The first kappa shape index (κ1) is 9.67. The summed E-state index contributed by atoms with van der Waals surface area (Å²) in [5.74, 6) is 0.176. The SMILES string of the molecule is COCCNc1ccc(O)cc1N. The van der Waals surface area contributed by atoms with Crippen LogP contribution >= 0.6 is 0 Å². The van der Waals surface area contributed by atoms with Crippen molar-refractivity contribution in [2.45, 2.75) is 0 Å². The predicted octanol–water partition coefficient (Wildman–Crippen LogP) is 1.03. The van der Waals surface area contributed by atoms with Crippen LogP contribution in [0.2, 0.25) is 0 Å². The normalized spacial score (nSPS) is 9.92. The zero-order valence-electron chi connectivity index (χ0n) is 7.58. The highest BCUT2D eigenvalue weighted by atomic mass is 16.5. The van der Waals surface area contributed by atoms with E-state index >= 15 is 0 Å². The molecule has 0 aromatic heterocycles. The van der Waals surface area contributed by atoms with Crippen molar-refractivity contribution < 1.29 is 9.84 Å². The number of rotatable bonds is 4. The molecule has 0 aliphatic carbocycles. The van der Waals surface area contributed by atoms with Gasteiger partial charge in [0.25, 0.3) is 0 Å². The Morgan fingerprint density at radius 2 is 2.31 bits per heavy atom. The van der Waals surface area contributed by atoms with Gasteiger partial charge in [-0.2, -0.15) is 0 Å². The molecule has 0 saturated carbocycles. The molecule has 0 amide bonds. The minimum absolute atomic E-state index is 0.176. The summed E-state index contributed by atoms with van der Waals surface area (Å²) >= 11 is 0. The highest BCUT2D eigenvalue weighted by molar-refractivity contribution is 5.67. The fourth-order valence-corrected chi connectivity index (χ4v) is 0.999. The van der Waals surface area contributed by atoms with Gasteiger partial charge < -0.3 is 20.9 Å². The number of hydrogen-bond donors (Lipinski definition) is 3. The average molecular weight is 182 g/mol. The van der Waals surface area contributed by atoms with Crippen LogP contribution in [0.5, 0.6) is 5.75 Å². The largest absolute Gasteiger partial charge is 0.508 e. The van der Waals surface area contributed by atoms with E-state index in [-0.39, 0.29) is 5.75 Å². The first-order valence-corrected chi connectivity index (χ1v) is 4.05. The number of phenolic OH excluding ortho intramolecular Hbond substituents is 1. The third kappa shape index (κ3) is 2.83. The molecular weight excluding hydrogens is 168 g/mol. The molecule has 1 aromatic rings. The molecule has 13 heavy (non-hydrogen) atoms. The first-order valence-electron chi connectivity index (χ1n) is 4.05. The van der Waals surface area contributed by atoms with Crippen LogP contribution in [0.25, 0.3) is 0 Å². The van der Waals surface area contributed by atoms with Crippen molar-refractivity contribution in [2.24, 2.45) is 0 Å². The molecule has 1 aromatic carbocycles. The summed E-state index contributed by atoms with van der Waals surface area (Å²) in [6.45, 7) is 1.33. The molecular formula is C9H14N2O2. The standard InChI is InChI=1S/C9H14N2O2/c1-13-5-4-11-9-3-2-7(12)6-8(9)10/h2-3,6,11-12H,4-5,10H2,1H3. The highest BCUT2D eigenvalue weighted by Gasteiger charge is 1.98. The molecule has 1 rings (SSSR count). The molecule has 72 valence electrons. The lowest BCUT2D eigenvalue weighted by molar-refractivity contribution is 0.211. The Hall–Kier alpha value is -1.42. The molecule has 0 heterocycles. The topological polar surface area (TPSA) is 67.5 Å². The Bertz CT molecular complexity index is 276. The van der Waals surface area contributed by atoms with Gasteiger partial charge in [-0.05, 0) is 12.1 Å². The Morgan fingerprint density at radius 3 is 2.92 bits per heavy atom. The van der Waals surface area contributed by atoms with E-state index in [0.717, 1.165) is 5.69 Å². The van der Waals surface area contributed by atoms with Gasteiger partial charge in [0, 0.05) is 19.7 Å². The number of hydrogen-bond acceptors (Lipinski definition) is 4. The second-order valence-corrected chi connectivity index (χ2v) is 2.69. The maximum Gasteiger partial charge on any atom is 0.117 e. The Labute approximate surface area is 77.3 Å². The zero-order valence-corrected chi connectivity index (χ0v) is 7.58. The summed E-state index contributed by atoms with van der Waals surface area (Å²) in [6.07, 6.45) is 0. The van der Waals surface area contributed by atoms with Crippen LogP contribution in [-0.4, -0.2) is 25.4 Å². The second kappa shape index (κ2) is 4.57. The van der Waals surface area contributed by atoms with E-state index in [2.05, 4.69) is 5.32 Å². The molecule has 0 spiro atoms. The Balaban J connectivity index is 2.56. The Kier molecular flexibility index (Phi) is 3.40. The first-order chi connectivity index (χ1) is 6.24. The lowest BCUT2D eigenvalue weighted by atomic mass is 10.2. The van der Waals surface area contributed by atoms with Crippen LogP contribution < -0.4 is 11.1 Å². The van der Waals surface area contributed by atoms with Crippen molar-refractivity contribution in [1.82, 2.24) is 0 Å². The number of anilines is 2. The summed E-state index contributed by atoms with van der Waals surface area (Å²) in [4.78, 5) is 0. The van der Waals surface area contributed by atoms with Gasteiger partial charge in [-0.3, -0.25) is 0 Å². The molecule has 0 atom stereocenters. The van der Waals surface area contributed by atoms with Gasteiger partial charge in [-0.15, -0.1) is 0 Å². The molecule has 0 saturated heterocycles. The molecule has 4 nitrogen and oxygen atoms in total. The van der Waals surface area contributed by atoms with Crippen molar-refractivity contribution in [3.63, 3.8) is 0 Å². The van der Waals surface area contributed by atoms with Crippen molar-refractivity contribution in [3.8, 4) is 5.75 Å². The number of ether oxygens (including phenoxy) is 1. The quantitative estimate of drug-likeness (QED) is 0.369. The zero-order chi connectivity index (χ0) is 9.68. The fourth-order valence-electron chi connectivity index (χ4n) is 0.999. The summed E-state index contributed by atoms with van der Waals surface area (Å²) < 4.78 is 4.87. The van der Waals surface area contributed by atoms with Crippen molar-refractivity contribution in [1.29, 1.82) is 0 Å². The van der Waals surface area contributed by atoms with E-state index < -0.39 is 0 Å². The van der Waals surface area contributed by atoms with Crippen LogP contribution in [-0.2, 0) is 4.74 Å². The minimum atomic E-state index is 0.176. The van der Waals surface area contributed by atoms with Gasteiger partial charge in [0.2, 0.25) is 0 Å².